The molecule has 0 bridgehead atoms. The summed E-state index contributed by atoms with van der Waals surface area (Å²) in [6.07, 6.45) is 0.819. The van der Waals surface area contributed by atoms with Crippen LogP contribution in [-0.4, -0.2) is 73.2 Å². The van der Waals surface area contributed by atoms with Crippen molar-refractivity contribution in [2.45, 2.75) is 44.5 Å². The minimum Gasteiger partial charge on any atom is -0.468 e. The van der Waals surface area contributed by atoms with Gasteiger partial charge in [-0.3, -0.25) is 24.8 Å². The first-order chi connectivity index (χ1) is 20.2. The van der Waals surface area contributed by atoms with Crippen LogP contribution >= 0.6 is 0 Å². The first kappa shape index (κ1) is 29.6. The van der Waals surface area contributed by atoms with E-state index in [0.717, 1.165) is 18.4 Å². The van der Waals surface area contributed by atoms with Crippen LogP contribution in [0, 0.1) is 16.0 Å². The third-order valence-corrected chi connectivity index (χ3v) is 8.22. The SMILES string of the molecule is COC(=O)C1C(C)=NC(C)=C(C(=O)OC(CN2CCC3(CC2)OCCO3)c2ccccc2)C1c1cccc([N+](=O)[O-])c1. The number of aliphatic imine (C=N–C) groups is 1. The van der Waals surface area contributed by atoms with Crippen molar-refractivity contribution in [3.8, 4) is 0 Å². The summed E-state index contributed by atoms with van der Waals surface area (Å²) in [4.78, 5) is 45.0. The molecule has 42 heavy (non-hydrogen) atoms. The number of hydrogen-bond donors (Lipinski definition) is 0. The average Bonchev–Trinajstić information content (AvgIpc) is 3.45. The van der Waals surface area contributed by atoms with Crippen LogP contribution in [0.15, 0.2) is 70.9 Å². The van der Waals surface area contributed by atoms with Crippen molar-refractivity contribution in [2.24, 2.45) is 10.9 Å². The summed E-state index contributed by atoms with van der Waals surface area (Å²) in [5, 5.41) is 11.6. The number of allylic oxidation sites excluding steroid dienone is 1. The lowest BCUT2D eigenvalue weighted by Gasteiger charge is -2.39. The highest BCUT2D eigenvalue weighted by atomic mass is 16.7. The maximum absolute atomic E-state index is 14.1. The monoisotopic (exact) mass is 577 g/mol. The summed E-state index contributed by atoms with van der Waals surface area (Å²) in [5.74, 6) is -3.60. The molecule has 2 saturated heterocycles. The molecule has 0 saturated carbocycles. The van der Waals surface area contributed by atoms with Crippen molar-refractivity contribution in [3.05, 3.63) is 87.1 Å². The molecule has 2 aromatic rings. The van der Waals surface area contributed by atoms with Crippen molar-refractivity contribution >= 4 is 23.3 Å². The zero-order chi connectivity index (χ0) is 29.9. The molecule has 2 fully saturated rings. The van der Waals surface area contributed by atoms with Crippen LogP contribution in [0.2, 0.25) is 0 Å². The second kappa shape index (κ2) is 12.5. The summed E-state index contributed by atoms with van der Waals surface area (Å²) in [7, 11) is 1.26. The number of carbonyl (C=O) groups excluding carboxylic acids is 2. The van der Waals surface area contributed by atoms with Gasteiger partial charge in [-0.2, -0.15) is 0 Å². The van der Waals surface area contributed by atoms with E-state index in [2.05, 4.69) is 9.89 Å². The Hall–Kier alpha value is -3.93. The summed E-state index contributed by atoms with van der Waals surface area (Å²) in [6.45, 7) is 6.44. The largest absolute Gasteiger partial charge is 0.468 e. The number of nitro groups is 1. The number of rotatable bonds is 8. The molecule has 0 aromatic heterocycles. The number of nitrogens with zero attached hydrogens (tertiary/aromatic N) is 3. The fraction of sp³-hybridized carbons (Fsp3) is 0.452. The number of nitro benzene ring substituents is 1. The molecule has 0 amide bonds. The van der Waals surface area contributed by atoms with E-state index in [1.54, 1.807) is 19.9 Å². The first-order valence-corrected chi connectivity index (χ1v) is 14.1. The molecule has 222 valence electrons. The highest BCUT2D eigenvalue weighted by Gasteiger charge is 2.44. The number of methoxy groups -OCH3 is 1. The molecule has 3 heterocycles. The summed E-state index contributed by atoms with van der Waals surface area (Å²) in [6, 6.07) is 15.4. The molecule has 5 rings (SSSR count). The Morgan fingerprint density at radius 1 is 1.10 bits per heavy atom. The van der Waals surface area contributed by atoms with Gasteiger partial charge in [0.25, 0.3) is 5.69 Å². The van der Waals surface area contributed by atoms with Gasteiger partial charge in [0, 0.05) is 61.9 Å². The predicted octanol–water partition coefficient (Wildman–Crippen LogP) is 4.34. The second-order valence-electron chi connectivity index (χ2n) is 10.8. The first-order valence-electron chi connectivity index (χ1n) is 14.1. The standard InChI is InChI=1S/C31H35N3O8/c1-20-26(29(35)39-3)28(23-10-7-11-24(18-23)34(37)38)27(21(2)32-20)30(36)42-25(22-8-5-4-6-9-22)19-33-14-12-31(13-15-33)40-16-17-41-31/h4-11,18,25-26,28H,12-17,19H2,1-3H3. The smallest absolute Gasteiger partial charge is 0.337 e. The van der Waals surface area contributed by atoms with Crippen molar-refractivity contribution in [2.75, 3.05) is 40.0 Å². The molecule has 11 heteroatoms. The Morgan fingerprint density at radius 2 is 1.79 bits per heavy atom. The molecule has 0 radical (unpaired) electrons. The number of non-ortho nitro benzene ring substituents is 1. The number of likely N-dealkylation sites (tertiary alicyclic amines) is 1. The molecule has 1 spiro atoms. The van der Waals surface area contributed by atoms with Crippen molar-refractivity contribution in [1.29, 1.82) is 0 Å². The van der Waals surface area contributed by atoms with Gasteiger partial charge in [-0.05, 0) is 25.0 Å². The maximum atomic E-state index is 14.1. The number of ether oxygens (including phenoxy) is 4. The van der Waals surface area contributed by atoms with E-state index in [1.807, 2.05) is 30.3 Å². The van der Waals surface area contributed by atoms with Crippen LogP contribution in [0.5, 0.6) is 0 Å². The number of hydrogen-bond acceptors (Lipinski definition) is 10. The van der Waals surface area contributed by atoms with Crippen LogP contribution < -0.4 is 0 Å². The van der Waals surface area contributed by atoms with E-state index in [9.17, 15) is 19.7 Å². The van der Waals surface area contributed by atoms with E-state index < -0.39 is 40.6 Å². The number of piperidine rings is 1. The van der Waals surface area contributed by atoms with Gasteiger partial charge in [0.15, 0.2) is 5.79 Å². The Kier molecular flexibility index (Phi) is 8.81. The molecule has 3 unspecified atom stereocenters. The lowest BCUT2D eigenvalue weighted by molar-refractivity contribution is -0.384. The van der Waals surface area contributed by atoms with Crippen LogP contribution in [0.3, 0.4) is 0 Å². The minimum absolute atomic E-state index is 0.151. The molecule has 0 aliphatic carbocycles. The molecule has 0 N–H and O–H groups in total. The zero-order valence-corrected chi connectivity index (χ0v) is 24.0. The van der Waals surface area contributed by atoms with Gasteiger partial charge < -0.3 is 18.9 Å². The van der Waals surface area contributed by atoms with E-state index in [4.69, 9.17) is 18.9 Å². The molecular weight excluding hydrogens is 542 g/mol. The summed E-state index contributed by atoms with van der Waals surface area (Å²) in [5.41, 5.74) is 2.10. The van der Waals surface area contributed by atoms with Crippen LogP contribution in [-0.2, 0) is 28.5 Å². The molecule has 11 nitrogen and oxygen atoms in total. The van der Waals surface area contributed by atoms with E-state index >= 15 is 0 Å². The van der Waals surface area contributed by atoms with E-state index in [1.165, 1.54) is 25.3 Å². The number of benzene rings is 2. The Balaban J connectivity index is 1.46. The minimum atomic E-state index is -0.955. The lowest BCUT2D eigenvalue weighted by atomic mass is 9.75. The molecule has 3 aliphatic heterocycles. The fourth-order valence-corrected chi connectivity index (χ4v) is 6.09. The van der Waals surface area contributed by atoms with Gasteiger partial charge >= 0.3 is 11.9 Å². The molecule has 3 aliphatic rings. The van der Waals surface area contributed by atoms with Gasteiger partial charge in [0.05, 0.1) is 30.8 Å². The van der Waals surface area contributed by atoms with Crippen molar-refractivity contribution in [1.82, 2.24) is 4.90 Å². The van der Waals surface area contributed by atoms with Crippen LogP contribution in [0.4, 0.5) is 5.69 Å². The molecule has 3 atom stereocenters. The lowest BCUT2D eigenvalue weighted by Crippen LogP contribution is -2.46. The maximum Gasteiger partial charge on any atom is 0.337 e. The highest BCUT2D eigenvalue weighted by Crippen LogP contribution is 2.42. The van der Waals surface area contributed by atoms with Crippen LogP contribution in [0.1, 0.15) is 49.8 Å². The second-order valence-corrected chi connectivity index (χ2v) is 10.8. The number of carbonyl (C=O) groups is 2. The highest BCUT2D eigenvalue weighted by molar-refractivity contribution is 6.07. The van der Waals surface area contributed by atoms with Gasteiger partial charge in [0.1, 0.15) is 12.0 Å². The fourth-order valence-electron chi connectivity index (χ4n) is 6.09. The summed E-state index contributed by atoms with van der Waals surface area (Å²) >= 11 is 0. The topological polar surface area (TPSA) is 130 Å². The third-order valence-electron chi connectivity index (χ3n) is 8.22. The zero-order valence-electron chi connectivity index (χ0n) is 24.0. The van der Waals surface area contributed by atoms with E-state index in [0.29, 0.717) is 49.8 Å². The van der Waals surface area contributed by atoms with Gasteiger partial charge in [-0.25, -0.2) is 4.79 Å². The average molecular weight is 578 g/mol. The molecular formula is C31H35N3O8. The normalized spacial score (nSPS) is 22.9. The Labute approximate surface area is 244 Å². The Morgan fingerprint density at radius 3 is 2.43 bits per heavy atom. The predicted molar refractivity (Wildman–Crippen MR) is 153 cm³/mol. The van der Waals surface area contributed by atoms with E-state index in [-0.39, 0.29) is 11.3 Å². The van der Waals surface area contributed by atoms with Gasteiger partial charge in [-0.15, -0.1) is 0 Å². The van der Waals surface area contributed by atoms with Crippen molar-refractivity contribution in [3.63, 3.8) is 0 Å². The Bertz CT molecular complexity index is 1390. The van der Waals surface area contributed by atoms with Gasteiger partial charge in [0.2, 0.25) is 0 Å². The van der Waals surface area contributed by atoms with Crippen molar-refractivity contribution < 1.29 is 33.5 Å². The number of esters is 2. The quantitative estimate of drug-likeness (QED) is 0.255. The summed E-state index contributed by atoms with van der Waals surface area (Å²) < 4.78 is 23.1. The van der Waals surface area contributed by atoms with Crippen LogP contribution in [0.25, 0.3) is 0 Å². The third kappa shape index (κ3) is 6.13. The molecule has 2 aromatic carbocycles. The van der Waals surface area contributed by atoms with Gasteiger partial charge in [-0.1, -0.05) is 42.5 Å².